The van der Waals surface area contributed by atoms with Crippen molar-refractivity contribution in [3.63, 3.8) is 0 Å². The molecule has 2 heterocycles. The Bertz CT molecular complexity index is 442. The Morgan fingerprint density at radius 1 is 1.40 bits per heavy atom. The predicted octanol–water partition coefficient (Wildman–Crippen LogP) is 2.52. The summed E-state index contributed by atoms with van der Waals surface area (Å²) in [5, 5.41) is 3.49. The first kappa shape index (κ1) is 9.86. The van der Waals surface area contributed by atoms with E-state index in [1.54, 1.807) is 24.7 Å². The number of nitrogens with one attached hydrogen (secondary N) is 1. The largest absolute Gasteiger partial charge is 0.472 e. The van der Waals surface area contributed by atoms with Gasteiger partial charge < -0.3 is 15.5 Å². The summed E-state index contributed by atoms with van der Waals surface area (Å²) in [6, 6.07) is 5.24. The highest BCUT2D eigenvalue weighted by Gasteiger charge is 2.01. The molecule has 0 unspecified atom stereocenters. The Kier molecular flexibility index (Phi) is 2.78. The van der Waals surface area contributed by atoms with E-state index >= 15 is 0 Å². The number of nitrogens with zero attached hydrogens (tertiary/aromatic N) is 1. The molecule has 15 heavy (non-hydrogen) atoms. The Hall–Kier alpha value is -1.68. The quantitative estimate of drug-likeness (QED) is 0.785. The van der Waals surface area contributed by atoms with Crippen LogP contribution in [0, 0.1) is 0 Å². The molecular weight excluding hydrogens is 214 g/mol. The smallest absolute Gasteiger partial charge is 0.151 e. The van der Waals surface area contributed by atoms with Gasteiger partial charge >= 0.3 is 0 Å². The number of anilines is 2. The van der Waals surface area contributed by atoms with Gasteiger partial charge in [-0.15, -0.1) is 0 Å². The Morgan fingerprint density at radius 2 is 2.27 bits per heavy atom. The average molecular weight is 224 g/mol. The normalized spacial score (nSPS) is 10.2. The molecule has 2 aromatic heterocycles. The monoisotopic (exact) mass is 223 g/mol. The molecule has 4 nitrogen and oxygen atoms in total. The van der Waals surface area contributed by atoms with Crippen LogP contribution in [0.15, 0.2) is 35.1 Å². The summed E-state index contributed by atoms with van der Waals surface area (Å²) in [6.45, 7) is 0.605. The maximum Gasteiger partial charge on any atom is 0.151 e. The van der Waals surface area contributed by atoms with Crippen molar-refractivity contribution >= 4 is 23.1 Å². The zero-order valence-corrected chi connectivity index (χ0v) is 8.66. The molecule has 0 aliphatic carbocycles. The molecule has 2 rings (SSSR count). The molecule has 0 aliphatic rings. The molecule has 5 heteroatoms. The van der Waals surface area contributed by atoms with Crippen LogP contribution in [0.2, 0.25) is 5.15 Å². The number of hydrogen-bond donors (Lipinski definition) is 2. The van der Waals surface area contributed by atoms with Crippen LogP contribution in [0.4, 0.5) is 11.5 Å². The standard InChI is InChI=1S/C10H10ClN3O/c11-9-2-1-8(12)10(14-9)13-5-7-3-4-15-6-7/h1-4,6H,5,12H2,(H,13,14). The van der Waals surface area contributed by atoms with Crippen LogP contribution in [0.25, 0.3) is 0 Å². The van der Waals surface area contributed by atoms with Crippen molar-refractivity contribution < 1.29 is 4.42 Å². The van der Waals surface area contributed by atoms with Crippen molar-refractivity contribution in [1.82, 2.24) is 4.98 Å². The molecule has 3 N–H and O–H groups in total. The molecular formula is C10H10ClN3O. The number of furan rings is 1. The number of halogens is 1. The van der Waals surface area contributed by atoms with Crippen molar-refractivity contribution in [2.24, 2.45) is 0 Å². The third-order valence-corrected chi connectivity index (χ3v) is 2.14. The van der Waals surface area contributed by atoms with E-state index in [0.717, 1.165) is 5.56 Å². The second-order valence-corrected chi connectivity index (χ2v) is 3.44. The second-order valence-electron chi connectivity index (χ2n) is 3.06. The van der Waals surface area contributed by atoms with Gasteiger partial charge in [0.25, 0.3) is 0 Å². The lowest BCUT2D eigenvalue weighted by Crippen LogP contribution is -2.03. The molecule has 0 bridgehead atoms. The van der Waals surface area contributed by atoms with Gasteiger partial charge in [0.05, 0.1) is 18.2 Å². The first-order valence-corrected chi connectivity index (χ1v) is 4.80. The van der Waals surface area contributed by atoms with Gasteiger partial charge in [0, 0.05) is 12.1 Å². The molecule has 0 fully saturated rings. The second kappa shape index (κ2) is 4.23. The average Bonchev–Trinajstić information content (AvgIpc) is 2.72. The molecule has 78 valence electrons. The van der Waals surface area contributed by atoms with Crippen LogP contribution in [-0.2, 0) is 6.54 Å². The van der Waals surface area contributed by atoms with Crippen molar-refractivity contribution in [2.45, 2.75) is 6.54 Å². The van der Waals surface area contributed by atoms with Crippen LogP contribution in [-0.4, -0.2) is 4.98 Å². The van der Waals surface area contributed by atoms with E-state index in [-0.39, 0.29) is 0 Å². The third-order valence-electron chi connectivity index (χ3n) is 1.93. The van der Waals surface area contributed by atoms with Gasteiger partial charge in [0.15, 0.2) is 5.82 Å². The molecule has 0 radical (unpaired) electrons. The minimum absolute atomic E-state index is 0.416. The maximum atomic E-state index is 5.75. The topological polar surface area (TPSA) is 64.1 Å². The van der Waals surface area contributed by atoms with E-state index in [1.807, 2.05) is 6.07 Å². The van der Waals surface area contributed by atoms with Gasteiger partial charge in [-0.05, 0) is 18.2 Å². The summed E-state index contributed by atoms with van der Waals surface area (Å²) in [4.78, 5) is 4.07. The fourth-order valence-electron chi connectivity index (χ4n) is 1.17. The van der Waals surface area contributed by atoms with Crippen molar-refractivity contribution in [3.8, 4) is 0 Å². The molecule has 0 aromatic carbocycles. The van der Waals surface area contributed by atoms with E-state index in [1.165, 1.54) is 0 Å². The van der Waals surface area contributed by atoms with Crippen LogP contribution >= 0.6 is 11.6 Å². The highest BCUT2D eigenvalue weighted by atomic mass is 35.5. The van der Waals surface area contributed by atoms with Crippen molar-refractivity contribution in [3.05, 3.63) is 41.4 Å². The molecule has 0 amide bonds. The van der Waals surface area contributed by atoms with Crippen molar-refractivity contribution in [1.29, 1.82) is 0 Å². The lowest BCUT2D eigenvalue weighted by atomic mass is 10.3. The SMILES string of the molecule is Nc1ccc(Cl)nc1NCc1ccoc1. The minimum Gasteiger partial charge on any atom is -0.472 e. The minimum atomic E-state index is 0.416. The number of nitrogen functional groups attached to an aromatic ring is 1. The maximum absolute atomic E-state index is 5.75. The highest BCUT2D eigenvalue weighted by molar-refractivity contribution is 6.29. The summed E-state index contributed by atoms with van der Waals surface area (Å²) in [7, 11) is 0. The van der Waals surface area contributed by atoms with E-state index < -0.39 is 0 Å². The fraction of sp³-hybridized carbons (Fsp3) is 0.100. The predicted molar refractivity (Wildman–Crippen MR) is 59.7 cm³/mol. The van der Waals surface area contributed by atoms with Gasteiger partial charge in [0.2, 0.25) is 0 Å². The van der Waals surface area contributed by atoms with Gasteiger partial charge in [0.1, 0.15) is 5.15 Å². The molecule has 0 saturated heterocycles. The first-order valence-electron chi connectivity index (χ1n) is 4.42. The Balaban J connectivity index is 2.07. The third kappa shape index (κ3) is 2.41. The summed E-state index contributed by atoms with van der Waals surface area (Å²) >= 11 is 5.75. The molecule has 2 aromatic rings. The van der Waals surface area contributed by atoms with E-state index in [2.05, 4.69) is 10.3 Å². The van der Waals surface area contributed by atoms with Gasteiger partial charge in [-0.1, -0.05) is 11.6 Å². The molecule has 0 saturated carbocycles. The van der Waals surface area contributed by atoms with E-state index in [4.69, 9.17) is 21.8 Å². The van der Waals surface area contributed by atoms with Crippen LogP contribution in [0.3, 0.4) is 0 Å². The number of nitrogens with two attached hydrogens (primary N) is 1. The molecule has 0 atom stereocenters. The summed E-state index contributed by atoms with van der Waals surface area (Å²) in [5.74, 6) is 0.587. The Morgan fingerprint density at radius 3 is 3.00 bits per heavy atom. The van der Waals surface area contributed by atoms with E-state index in [0.29, 0.717) is 23.2 Å². The lowest BCUT2D eigenvalue weighted by molar-refractivity contribution is 0.564. The summed E-state index contributed by atoms with van der Waals surface area (Å²) < 4.78 is 4.94. The number of pyridine rings is 1. The summed E-state index contributed by atoms with van der Waals surface area (Å²) in [6.07, 6.45) is 3.28. The van der Waals surface area contributed by atoms with Crippen molar-refractivity contribution in [2.75, 3.05) is 11.1 Å². The highest BCUT2D eigenvalue weighted by Crippen LogP contribution is 2.18. The Labute approximate surface area is 92.1 Å². The molecule has 0 spiro atoms. The fourth-order valence-corrected chi connectivity index (χ4v) is 1.31. The van der Waals surface area contributed by atoms with E-state index in [9.17, 15) is 0 Å². The zero-order chi connectivity index (χ0) is 10.7. The van der Waals surface area contributed by atoms with Gasteiger partial charge in [-0.3, -0.25) is 0 Å². The number of rotatable bonds is 3. The van der Waals surface area contributed by atoms with Gasteiger partial charge in [-0.2, -0.15) is 0 Å². The zero-order valence-electron chi connectivity index (χ0n) is 7.90. The van der Waals surface area contributed by atoms with Gasteiger partial charge in [-0.25, -0.2) is 4.98 Å². The number of aromatic nitrogens is 1. The van der Waals surface area contributed by atoms with Crippen LogP contribution in [0.1, 0.15) is 5.56 Å². The summed E-state index contributed by atoms with van der Waals surface area (Å²) in [5.41, 5.74) is 7.32. The van der Waals surface area contributed by atoms with Crippen LogP contribution in [0.5, 0.6) is 0 Å². The van der Waals surface area contributed by atoms with Crippen LogP contribution < -0.4 is 11.1 Å². The molecule has 0 aliphatic heterocycles. The number of hydrogen-bond acceptors (Lipinski definition) is 4. The lowest BCUT2D eigenvalue weighted by Gasteiger charge is -2.06. The first-order chi connectivity index (χ1) is 7.25.